The largest absolute Gasteiger partial charge is 0.492 e. The first-order valence-corrected chi connectivity index (χ1v) is 10.9. The third-order valence-corrected chi connectivity index (χ3v) is 5.15. The zero-order chi connectivity index (χ0) is 19.8. The van der Waals surface area contributed by atoms with E-state index < -0.39 is 9.84 Å². The van der Waals surface area contributed by atoms with Crippen molar-refractivity contribution < 1.29 is 13.2 Å². The number of nitrogens with one attached hydrogen (secondary N) is 1. The second kappa shape index (κ2) is 12.0. The van der Waals surface area contributed by atoms with E-state index >= 15 is 0 Å². The molecular formula is C18H31ClIN3O3S. The maximum atomic E-state index is 11.4. The number of aliphatic imine (C=N–C) groups is 1. The smallest absolute Gasteiger partial charge is 0.193 e. The van der Waals surface area contributed by atoms with Gasteiger partial charge >= 0.3 is 0 Å². The first-order chi connectivity index (χ1) is 12.0. The summed E-state index contributed by atoms with van der Waals surface area (Å²) in [6.45, 7) is 5.89. The fourth-order valence-electron chi connectivity index (χ4n) is 2.19. The number of ether oxygens (including phenoxy) is 1. The maximum Gasteiger partial charge on any atom is 0.193 e. The van der Waals surface area contributed by atoms with Crippen molar-refractivity contribution in [2.24, 2.45) is 10.4 Å². The Labute approximate surface area is 185 Å². The fourth-order valence-corrected chi connectivity index (χ4v) is 3.24. The van der Waals surface area contributed by atoms with Crippen molar-refractivity contribution in [2.75, 3.05) is 45.8 Å². The standard InChI is InChI=1S/C18H30ClN3O3S.HI/c1-18(2,10-13-26(5,23)24)14-21-17(20-3)22(4)11-12-25-16-8-6-15(19)7-9-16;/h6-9H,10-14H2,1-5H3,(H,20,21);1H. The Morgan fingerprint density at radius 2 is 1.89 bits per heavy atom. The Kier molecular flexibility index (Phi) is 11.6. The molecule has 0 aliphatic rings. The average Bonchev–Trinajstić information content (AvgIpc) is 2.55. The molecule has 1 rings (SSSR count). The molecule has 0 amide bonds. The molecule has 0 aromatic heterocycles. The van der Waals surface area contributed by atoms with Gasteiger partial charge in [0.05, 0.1) is 12.3 Å². The third kappa shape index (κ3) is 11.6. The highest BCUT2D eigenvalue weighted by Gasteiger charge is 2.21. The Bertz CT molecular complexity index is 694. The summed E-state index contributed by atoms with van der Waals surface area (Å²) in [7, 11) is 0.707. The molecule has 0 spiro atoms. The van der Waals surface area contributed by atoms with Gasteiger partial charge in [-0.1, -0.05) is 25.4 Å². The van der Waals surface area contributed by atoms with E-state index in [1.165, 1.54) is 6.26 Å². The molecule has 6 nitrogen and oxygen atoms in total. The number of guanidine groups is 1. The normalized spacial score (nSPS) is 12.3. The van der Waals surface area contributed by atoms with Gasteiger partial charge < -0.3 is 15.0 Å². The van der Waals surface area contributed by atoms with Gasteiger partial charge in [-0.25, -0.2) is 8.42 Å². The van der Waals surface area contributed by atoms with Crippen LogP contribution in [0.1, 0.15) is 20.3 Å². The van der Waals surface area contributed by atoms with E-state index in [4.69, 9.17) is 16.3 Å². The van der Waals surface area contributed by atoms with Crippen molar-refractivity contribution in [1.82, 2.24) is 10.2 Å². The van der Waals surface area contributed by atoms with Crippen LogP contribution in [0.4, 0.5) is 0 Å². The van der Waals surface area contributed by atoms with Crippen LogP contribution in [0.3, 0.4) is 0 Å². The molecule has 0 unspecified atom stereocenters. The second-order valence-electron chi connectivity index (χ2n) is 7.17. The lowest BCUT2D eigenvalue weighted by Crippen LogP contribution is -2.44. The molecule has 9 heteroatoms. The lowest BCUT2D eigenvalue weighted by Gasteiger charge is -2.28. The summed E-state index contributed by atoms with van der Waals surface area (Å²) in [6.07, 6.45) is 1.86. The molecule has 0 fully saturated rings. The Morgan fingerprint density at radius 1 is 1.30 bits per heavy atom. The summed E-state index contributed by atoms with van der Waals surface area (Å²) in [5.74, 6) is 1.70. The number of likely N-dealkylation sites (N-methyl/N-ethyl adjacent to an activating group) is 1. The van der Waals surface area contributed by atoms with Gasteiger partial charge in [-0.15, -0.1) is 24.0 Å². The van der Waals surface area contributed by atoms with E-state index in [9.17, 15) is 8.42 Å². The van der Waals surface area contributed by atoms with Crippen LogP contribution in [0.15, 0.2) is 29.3 Å². The summed E-state index contributed by atoms with van der Waals surface area (Å²) in [4.78, 5) is 6.25. The van der Waals surface area contributed by atoms with Crippen molar-refractivity contribution in [2.45, 2.75) is 20.3 Å². The van der Waals surface area contributed by atoms with Crippen LogP contribution in [0.2, 0.25) is 5.02 Å². The van der Waals surface area contributed by atoms with Gasteiger partial charge in [0.1, 0.15) is 22.2 Å². The fraction of sp³-hybridized carbons (Fsp3) is 0.611. The van der Waals surface area contributed by atoms with E-state index in [-0.39, 0.29) is 35.1 Å². The van der Waals surface area contributed by atoms with Gasteiger partial charge in [-0.2, -0.15) is 0 Å². The maximum absolute atomic E-state index is 11.4. The quantitative estimate of drug-likeness (QED) is 0.301. The van der Waals surface area contributed by atoms with Crippen LogP contribution in [-0.4, -0.2) is 65.1 Å². The van der Waals surface area contributed by atoms with Crippen molar-refractivity contribution in [3.8, 4) is 5.75 Å². The summed E-state index contributed by atoms with van der Waals surface area (Å²) in [6, 6.07) is 7.25. The second-order valence-corrected chi connectivity index (χ2v) is 9.86. The minimum absolute atomic E-state index is 0. The Morgan fingerprint density at radius 3 is 2.41 bits per heavy atom. The first kappa shape index (κ1) is 26.3. The number of hydrogen-bond donors (Lipinski definition) is 1. The molecule has 0 heterocycles. The van der Waals surface area contributed by atoms with Crippen LogP contribution < -0.4 is 10.1 Å². The Balaban J connectivity index is 0.00000676. The number of nitrogens with zero attached hydrogens (tertiary/aromatic N) is 2. The molecule has 1 N–H and O–H groups in total. The number of sulfone groups is 1. The SMILES string of the molecule is CN=C(NCC(C)(C)CCS(C)(=O)=O)N(C)CCOc1ccc(Cl)cc1.I. The number of hydrogen-bond acceptors (Lipinski definition) is 4. The van der Waals surface area contributed by atoms with E-state index in [0.717, 1.165) is 11.7 Å². The summed E-state index contributed by atoms with van der Waals surface area (Å²) >= 11 is 5.85. The predicted octanol–water partition coefficient (Wildman–Crippen LogP) is 3.30. The van der Waals surface area contributed by atoms with Crippen molar-refractivity contribution in [3.63, 3.8) is 0 Å². The molecule has 0 radical (unpaired) electrons. The molecule has 0 atom stereocenters. The molecular weight excluding hydrogens is 501 g/mol. The molecule has 1 aromatic rings. The minimum atomic E-state index is -2.95. The third-order valence-electron chi connectivity index (χ3n) is 3.96. The summed E-state index contributed by atoms with van der Waals surface area (Å²) < 4.78 is 28.4. The number of benzene rings is 1. The summed E-state index contributed by atoms with van der Waals surface area (Å²) in [5.41, 5.74) is -0.153. The molecule has 0 aliphatic heterocycles. The minimum Gasteiger partial charge on any atom is -0.492 e. The highest BCUT2D eigenvalue weighted by Crippen LogP contribution is 2.20. The van der Waals surface area contributed by atoms with Crippen molar-refractivity contribution >= 4 is 51.4 Å². The van der Waals surface area contributed by atoms with Crippen LogP contribution in [0.25, 0.3) is 0 Å². The molecule has 0 aliphatic carbocycles. The topological polar surface area (TPSA) is 71.0 Å². The van der Waals surface area contributed by atoms with Crippen molar-refractivity contribution in [3.05, 3.63) is 29.3 Å². The lowest BCUT2D eigenvalue weighted by molar-refractivity contribution is 0.278. The van der Waals surface area contributed by atoms with Gasteiger partial charge in [0.25, 0.3) is 0 Å². The molecule has 156 valence electrons. The van der Waals surface area contributed by atoms with E-state index in [1.807, 2.05) is 37.9 Å². The molecule has 0 saturated carbocycles. The zero-order valence-electron chi connectivity index (χ0n) is 16.7. The average molecular weight is 532 g/mol. The zero-order valence-corrected chi connectivity index (χ0v) is 20.6. The molecule has 1 aromatic carbocycles. The van der Waals surface area contributed by atoms with Crippen LogP contribution in [0.5, 0.6) is 5.75 Å². The monoisotopic (exact) mass is 531 g/mol. The first-order valence-electron chi connectivity index (χ1n) is 8.50. The van der Waals surface area contributed by atoms with E-state index in [2.05, 4.69) is 10.3 Å². The Hall–Kier alpha value is -0.740. The van der Waals surface area contributed by atoms with Gasteiger partial charge in [-0.3, -0.25) is 4.99 Å². The van der Waals surface area contributed by atoms with Crippen molar-refractivity contribution in [1.29, 1.82) is 0 Å². The van der Waals surface area contributed by atoms with Crippen LogP contribution in [-0.2, 0) is 9.84 Å². The molecule has 0 saturated heterocycles. The summed E-state index contributed by atoms with van der Waals surface area (Å²) in [5, 5.41) is 3.99. The van der Waals surface area contributed by atoms with Crippen LogP contribution >= 0.6 is 35.6 Å². The lowest BCUT2D eigenvalue weighted by atomic mass is 9.90. The molecule has 27 heavy (non-hydrogen) atoms. The highest BCUT2D eigenvalue weighted by molar-refractivity contribution is 14.0. The van der Waals surface area contributed by atoms with Crippen LogP contribution in [0, 0.1) is 5.41 Å². The number of halogens is 2. The van der Waals surface area contributed by atoms with Gasteiger partial charge in [0, 0.05) is 31.9 Å². The van der Waals surface area contributed by atoms with E-state index in [1.54, 1.807) is 19.2 Å². The van der Waals surface area contributed by atoms with E-state index in [0.29, 0.717) is 31.1 Å². The molecule has 0 bridgehead atoms. The van der Waals surface area contributed by atoms with Gasteiger partial charge in [0.15, 0.2) is 5.96 Å². The van der Waals surface area contributed by atoms with Gasteiger partial charge in [-0.05, 0) is 36.1 Å². The van der Waals surface area contributed by atoms with Gasteiger partial charge in [0.2, 0.25) is 0 Å². The predicted molar refractivity (Wildman–Crippen MR) is 124 cm³/mol. The highest BCUT2D eigenvalue weighted by atomic mass is 127. The number of rotatable bonds is 9.